The lowest BCUT2D eigenvalue weighted by atomic mass is 10.1. The molecule has 7 nitrogen and oxygen atoms in total. The number of urea groups is 1. The summed E-state index contributed by atoms with van der Waals surface area (Å²) in [5.41, 5.74) is 6.11. The van der Waals surface area contributed by atoms with Crippen LogP contribution in [-0.4, -0.2) is 24.4 Å². The minimum atomic E-state index is -1.02. The monoisotopic (exact) mass is 341 g/mol. The van der Waals surface area contributed by atoms with Crippen LogP contribution in [-0.2, 0) is 4.79 Å². The minimum Gasteiger partial charge on any atom is -0.476 e. The Balaban J connectivity index is 2.21. The molecule has 0 unspecified atom stereocenters. The number of primary amides is 1. The van der Waals surface area contributed by atoms with Gasteiger partial charge in [0.05, 0.1) is 0 Å². The van der Waals surface area contributed by atoms with E-state index in [1.165, 1.54) is 24.3 Å². The van der Waals surface area contributed by atoms with Gasteiger partial charge in [-0.05, 0) is 31.2 Å². The van der Waals surface area contributed by atoms with E-state index in [0.717, 1.165) is 0 Å². The first-order valence-corrected chi connectivity index (χ1v) is 7.71. The maximum absolute atomic E-state index is 12.4. The second kappa shape index (κ2) is 8.49. The van der Waals surface area contributed by atoms with Crippen LogP contribution in [0.1, 0.15) is 28.9 Å². The quantitative estimate of drug-likeness (QED) is 0.743. The third-order valence-corrected chi connectivity index (χ3v) is 3.31. The van der Waals surface area contributed by atoms with Crippen LogP contribution in [0, 0.1) is 0 Å². The van der Waals surface area contributed by atoms with Crippen molar-refractivity contribution in [3.63, 3.8) is 0 Å². The summed E-state index contributed by atoms with van der Waals surface area (Å²) in [6.07, 6.45) is -1.02. The van der Waals surface area contributed by atoms with E-state index in [2.05, 4.69) is 10.6 Å². The molecule has 0 aliphatic carbocycles. The van der Waals surface area contributed by atoms with Gasteiger partial charge in [-0.3, -0.25) is 14.9 Å². The van der Waals surface area contributed by atoms with E-state index in [0.29, 0.717) is 23.4 Å². The maximum Gasteiger partial charge on any atom is 0.321 e. The molecule has 130 valence electrons. The zero-order chi connectivity index (χ0) is 18.2. The highest BCUT2D eigenvalue weighted by Gasteiger charge is 2.24. The van der Waals surface area contributed by atoms with Gasteiger partial charge in [-0.15, -0.1) is 0 Å². The summed E-state index contributed by atoms with van der Waals surface area (Å²) in [7, 11) is 0. The predicted octanol–water partition coefficient (Wildman–Crippen LogP) is 1.75. The second-order valence-corrected chi connectivity index (χ2v) is 5.15. The van der Waals surface area contributed by atoms with Crippen LogP contribution < -0.4 is 21.1 Å². The summed E-state index contributed by atoms with van der Waals surface area (Å²) in [6.45, 7) is 2.14. The van der Waals surface area contributed by atoms with E-state index in [-0.39, 0.29) is 0 Å². The molecular weight excluding hydrogens is 322 g/mol. The summed E-state index contributed by atoms with van der Waals surface area (Å²) >= 11 is 0. The number of nitrogens with two attached hydrogens (primary N) is 1. The third kappa shape index (κ3) is 5.07. The van der Waals surface area contributed by atoms with Gasteiger partial charge >= 0.3 is 6.03 Å². The van der Waals surface area contributed by atoms with Crippen molar-refractivity contribution in [1.82, 2.24) is 10.6 Å². The standard InChI is InChI=1S/C18H19N3O4/c1-2-20-18(24)21-17(23)15(12-6-4-3-5-7-12)25-14-10-8-13(9-11-14)16(19)22/h3-11,15H,2H2,1H3,(H2,19,22)(H2,20,21,23,24)/t15-/m0/s1. The van der Waals surface area contributed by atoms with Gasteiger partial charge in [0.2, 0.25) is 12.0 Å². The van der Waals surface area contributed by atoms with E-state index in [9.17, 15) is 14.4 Å². The van der Waals surface area contributed by atoms with Crippen molar-refractivity contribution in [2.24, 2.45) is 5.73 Å². The fourth-order valence-electron chi connectivity index (χ4n) is 2.12. The molecule has 0 saturated heterocycles. The molecule has 0 aliphatic rings. The van der Waals surface area contributed by atoms with Crippen molar-refractivity contribution < 1.29 is 19.1 Å². The Kier molecular flexibility index (Phi) is 6.11. The Hall–Kier alpha value is -3.35. The molecule has 0 radical (unpaired) electrons. The Morgan fingerprint density at radius 3 is 2.24 bits per heavy atom. The minimum absolute atomic E-state index is 0.329. The summed E-state index contributed by atoms with van der Waals surface area (Å²) in [5.74, 6) is -0.791. The molecule has 0 fully saturated rings. The van der Waals surface area contributed by atoms with Crippen molar-refractivity contribution in [3.05, 3.63) is 65.7 Å². The average molecular weight is 341 g/mol. The van der Waals surface area contributed by atoms with Gasteiger partial charge in [-0.1, -0.05) is 30.3 Å². The van der Waals surface area contributed by atoms with Crippen molar-refractivity contribution in [3.8, 4) is 5.75 Å². The van der Waals surface area contributed by atoms with Crippen LogP contribution in [0.25, 0.3) is 0 Å². The fourth-order valence-corrected chi connectivity index (χ4v) is 2.12. The van der Waals surface area contributed by atoms with Crippen molar-refractivity contribution in [1.29, 1.82) is 0 Å². The second-order valence-electron chi connectivity index (χ2n) is 5.15. The molecule has 0 saturated carbocycles. The normalized spacial score (nSPS) is 11.2. The van der Waals surface area contributed by atoms with Gasteiger partial charge in [0, 0.05) is 17.7 Å². The van der Waals surface area contributed by atoms with Gasteiger partial charge in [-0.2, -0.15) is 0 Å². The number of hydrogen-bond donors (Lipinski definition) is 3. The Morgan fingerprint density at radius 1 is 1.04 bits per heavy atom. The van der Waals surface area contributed by atoms with Gasteiger partial charge in [-0.25, -0.2) is 4.79 Å². The molecule has 2 rings (SSSR count). The number of hydrogen-bond acceptors (Lipinski definition) is 4. The molecule has 2 aromatic rings. The van der Waals surface area contributed by atoms with Crippen LogP contribution >= 0.6 is 0 Å². The molecule has 1 atom stereocenters. The fraction of sp³-hybridized carbons (Fsp3) is 0.167. The molecule has 4 N–H and O–H groups in total. The number of amides is 4. The lowest BCUT2D eigenvalue weighted by Gasteiger charge is -2.19. The SMILES string of the molecule is CCNC(=O)NC(=O)[C@@H](Oc1ccc(C(N)=O)cc1)c1ccccc1. The number of rotatable bonds is 6. The highest BCUT2D eigenvalue weighted by molar-refractivity contribution is 5.97. The molecule has 2 aromatic carbocycles. The number of carbonyl (C=O) groups is 3. The van der Waals surface area contributed by atoms with E-state index in [1.807, 2.05) is 6.07 Å². The summed E-state index contributed by atoms with van der Waals surface area (Å²) in [6, 6.07) is 14.3. The molecule has 0 aliphatic heterocycles. The largest absolute Gasteiger partial charge is 0.476 e. The molecule has 0 spiro atoms. The number of ether oxygens (including phenoxy) is 1. The van der Waals surface area contributed by atoms with Gasteiger partial charge in [0.25, 0.3) is 5.91 Å². The first-order valence-electron chi connectivity index (χ1n) is 7.71. The molecule has 25 heavy (non-hydrogen) atoms. The number of carbonyl (C=O) groups excluding carboxylic acids is 3. The topological polar surface area (TPSA) is 111 Å². The molecule has 0 heterocycles. The Bertz CT molecular complexity index is 745. The zero-order valence-corrected chi connectivity index (χ0v) is 13.7. The van der Waals surface area contributed by atoms with Gasteiger partial charge in [0.15, 0.2) is 0 Å². The number of imide groups is 1. The van der Waals surface area contributed by atoms with Crippen LogP contribution in [0.4, 0.5) is 4.79 Å². The van der Waals surface area contributed by atoms with Crippen molar-refractivity contribution >= 4 is 17.8 Å². The van der Waals surface area contributed by atoms with Crippen LogP contribution in [0.3, 0.4) is 0 Å². The smallest absolute Gasteiger partial charge is 0.321 e. The highest BCUT2D eigenvalue weighted by Crippen LogP contribution is 2.22. The molecule has 0 bridgehead atoms. The van der Waals surface area contributed by atoms with E-state index in [1.54, 1.807) is 31.2 Å². The van der Waals surface area contributed by atoms with E-state index >= 15 is 0 Å². The maximum atomic E-state index is 12.4. The van der Waals surface area contributed by atoms with E-state index < -0.39 is 23.9 Å². The lowest BCUT2D eigenvalue weighted by Crippen LogP contribution is -2.42. The van der Waals surface area contributed by atoms with Crippen LogP contribution in [0.5, 0.6) is 5.75 Å². The summed E-state index contributed by atoms with van der Waals surface area (Å²) < 4.78 is 5.73. The molecule has 7 heteroatoms. The molecular formula is C18H19N3O4. The Labute approximate surface area is 145 Å². The van der Waals surface area contributed by atoms with Crippen LogP contribution in [0.2, 0.25) is 0 Å². The summed E-state index contributed by atoms with van der Waals surface area (Å²) in [5, 5.41) is 4.73. The number of benzene rings is 2. The van der Waals surface area contributed by atoms with Crippen LogP contribution in [0.15, 0.2) is 54.6 Å². The van der Waals surface area contributed by atoms with Gasteiger partial charge in [0.1, 0.15) is 5.75 Å². The number of nitrogens with one attached hydrogen (secondary N) is 2. The van der Waals surface area contributed by atoms with Crippen molar-refractivity contribution in [2.45, 2.75) is 13.0 Å². The first-order chi connectivity index (χ1) is 12.0. The summed E-state index contributed by atoms with van der Waals surface area (Å²) in [4.78, 5) is 35.2. The van der Waals surface area contributed by atoms with Crippen molar-refractivity contribution in [2.75, 3.05) is 6.54 Å². The Morgan fingerprint density at radius 2 is 1.68 bits per heavy atom. The molecule has 4 amide bonds. The highest BCUT2D eigenvalue weighted by atomic mass is 16.5. The molecule has 0 aromatic heterocycles. The zero-order valence-electron chi connectivity index (χ0n) is 13.7. The van der Waals surface area contributed by atoms with Gasteiger partial charge < -0.3 is 15.8 Å². The lowest BCUT2D eigenvalue weighted by molar-refractivity contribution is -0.127. The third-order valence-electron chi connectivity index (χ3n) is 3.31. The predicted molar refractivity (Wildman–Crippen MR) is 92.0 cm³/mol. The van der Waals surface area contributed by atoms with E-state index in [4.69, 9.17) is 10.5 Å². The average Bonchev–Trinajstić information content (AvgIpc) is 2.61. The first kappa shape index (κ1) is 18.0.